The van der Waals surface area contributed by atoms with Gasteiger partial charge in [0.05, 0.1) is 18.8 Å². The van der Waals surface area contributed by atoms with Crippen molar-refractivity contribution in [1.29, 1.82) is 0 Å². The lowest BCUT2D eigenvalue weighted by molar-refractivity contribution is 0.101. The van der Waals surface area contributed by atoms with Gasteiger partial charge in [0.1, 0.15) is 11.5 Å². The summed E-state index contributed by atoms with van der Waals surface area (Å²) in [6, 6.07) is 4.09. The molecule has 0 saturated carbocycles. The summed E-state index contributed by atoms with van der Waals surface area (Å²) < 4.78 is 13.4. The summed E-state index contributed by atoms with van der Waals surface area (Å²) >= 11 is 0. The molecule has 0 aromatic carbocycles. The van der Waals surface area contributed by atoms with E-state index in [-0.39, 0.29) is 0 Å². The molecule has 5 heteroatoms. The summed E-state index contributed by atoms with van der Waals surface area (Å²) in [5, 5.41) is 4.74. The molecule has 120 valence electrons. The van der Waals surface area contributed by atoms with Crippen molar-refractivity contribution in [3.63, 3.8) is 0 Å². The van der Waals surface area contributed by atoms with Crippen molar-refractivity contribution >= 4 is 0 Å². The highest BCUT2D eigenvalue weighted by atomic mass is 16.5. The largest absolute Gasteiger partial charge is 0.465 e. The van der Waals surface area contributed by atoms with Crippen LogP contribution in [-0.2, 0) is 24.4 Å². The van der Waals surface area contributed by atoms with E-state index in [0.29, 0.717) is 5.92 Å². The Labute approximate surface area is 131 Å². The maximum absolute atomic E-state index is 5.72. The van der Waals surface area contributed by atoms with E-state index < -0.39 is 0 Å². The van der Waals surface area contributed by atoms with Crippen LogP contribution in [0.25, 0.3) is 0 Å². The van der Waals surface area contributed by atoms with Gasteiger partial charge in [-0.3, -0.25) is 9.58 Å². The molecule has 0 saturated heterocycles. The monoisotopic (exact) mass is 303 g/mol. The molecule has 0 amide bonds. The van der Waals surface area contributed by atoms with Crippen LogP contribution in [0.5, 0.6) is 0 Å². The van der Waals surface area contributed by atoms with Gasteiger partial charge in [0.2, 0.25) is 0 Å². The zero-order chi connectivity index (χ0) is 15.5. The lowest BCUT2D eigenvalue weighted by atomic mass is 9.97. The number of aromatic nitrogens is 2. The minimum atomic E-state index is 0.340. The summed E-state index contributed by atoms with van der Waals surface area (Å²) in [7, 11) is 0. The van der Waals surface area contributed by atoms with Crippen LogP contribution in [0, 0.1) is 6.92 Å². The fraction of sp³-hybridized carbons (Fsp3) is 0.588. The molecular formula is C17H25N3O2. The van der Waals surface area contributed by atoms with Crippen LogP contribution in [-0.4, -0.2) is 34.4 Å². The van der Waals surface area contributed by atoms with Gasteiger partial charge < -0.3 is 9.15 Å². The third-order valence-electron chi connectivity index (χ3n) is 4.15. The Bertz CT molecular complexity index is 617. The maximum Gasteiger partial charge on any atom is 0.118 e. The molecule has 1 atom stereocenters. The average Bonchev–Trinajstić information content (AvgIpc) is 3.10. The summed E-state index contributed by atoms with van der Waals surface area (Å²) in [6.45, 7) is 11.3. The van der Waals surface area contributed by atoms with Crippen LogP contribution in [0.15, 0.2) is 22.7 Å². The predicted molar refractivity (Wildman–Crippen MR) is 84.7 cm³/mol. The number of furan rings is 1. The molecule has 0 N–H and O–H groups in total. The molecule has 0 spiro atoms. The standard InChI is InChI=1S/C17H25N3O2/c1-4-20-10-14-8-19(11-16-7-6-13(3)22-16)9-15(12-21-5-2)17(14)18-20/h6-7,10,15H,4-5,8-9,11-12H2,1-3H3. The summed E-state index contributed by atoms with van der Waals surface area (Å²) in [5.41, 5.74) is 2.53. The van der Waals surface area contributed by atoms with E-state index in [1.165, 1.54) is 11.3 Å². The Kier molecular flexibility index (Phi) is 4.64. The first-order chi connectivity index (χ1) is 10.7. The van der Waals surface area contributed by atoms with Gasteiger partial charge in [0.15, 0.2) is 0 Å². The molecule has 0 aliphatic carbocycles. The van der Waals surface area contributed by atoms with Crippen LogP contribution in [0.4, 0.5) is 0 Å². The first-order valence-corrected chi connectivity index (χ1v) is 8.11. The Morgan fingerprint density at radius 2 is 2.23 bits per heavy atom. The lowest BCUT2D eigenvalue weighted by Crippen LogP contribution is -2.34. The molecule has 2 aromatic heterocycles. The Balaban J connectivity index is 1.77. The van der Waals surface area contributed by atoms with Gasteiger partial charge in [0, 0.05) is 43.9 Å². The number of ether oxygens (including phenoxy) is 1. The van der Waals surface area contributed by atoms with Gasteiger partial charge in [-0.05, 0) is 32.9 Å². The molecule has 0 radical (unpaired) electrons. The minimum absolute atomic E-state index is 0.340. The highest BCUT2D eigenvalue weighted by Gasteiger charge is 2.29. The lowest BCUT2D eigenvalue weighted by Gasteiger charge is -2.31. The van der Waals surface area contributed by atoms with E-state index in [4.69, 9.17) is 14.3 Å². The van der Waals surface area contributed by atoms with E-state index in [1.807, 2.05) is 24.6 Å². The van der Waals surface area contributed by atoms with Crippen molar-refractivity contribution in [2.24, 2.45) is 0 Å². The summed E-state index contributed by atoms with van der Waals surface area (Å²) in [5.74, 6) is 2.34. The molecular weight excluding hydrogens is 278 g/mol. The second-order valence-electron chi connectivity index (χ2n) is 5.93. The highest BCUT2D eigenvalue weighted by molar-refractivity contribution is 5.25. The maximum atomic E-state index is 5.72. The van der Waals surface area contributed by atoms with Crippen LogP contribution >= 0.6 is 0 Å². The first kappa shape index (κ1) is 15.3. The number of hydrogen-bond donors (Lipinski definition) is 0. The third-order valence-corrected chi connectivity index (χ3v) is 4.15. The van der Waals surface area contributed by atoms with Crippen molar-refractivity contribution < 1.29 is 9.15 Å². The van der Waals surface area contributed by atoms with Gasteiger partial charge >= 0.3 is 0 Å². The van der Waals surface area contributed by atoms with Crippen molar-refractivity contribution in [2.45, 2.75) is 46.3 Å². The SMILES string of the molecule is CCOCC1CN(Cc2ccc(C)o2)Cc2cn(CC)nc21. The van der Waals surface area contributed by atoms with Crippen molar-refractivity contribution in [3.05, 3.63) is 41.1 Å². The van der Waals surface area contributed by atoms with Crippen LogP contribution < -0.4 is 0 Å². The fourth-order valence-electron chi connectivity index (χ4n) is 3.11. The van der Waals surface area contributed by atoms with Crippen LogP contribution in [0.3, 0.4) is 0 Å². The first-order valence-electron chi connectivity index (χ1n) is 8.11. The van der Waals surface area contributed by atoms with E-state index in [9.17, 15) is 0 Å². The fourth-order valence-corrected chi connectivity index (χ4v) is 3.11. The zero-order valence-corrected chi connectivity index (χ0v) is 13.7. The second kappa shape index (κ2) is 6.67. The van der Waals surface area contributed by atoms with Gasteiger partial charge in [-0.2, -0.15) is 5.10 Å². The van der Waals surface area contributed by atoms with Crippen LogP contribution in [0.1, 0.15) is 42.5 Å². The topological polar surface area (TPSA) is 43.4 Å². The quantitative estimate of drug-likeness (QED) is 0.823. The molecule has 3 rings (SSSR count). The number of nitrogens with zero attached hydrogens (tertiary/aromatic N) is 3. The van der Waals surface area contributed by atoms with Gasteiger partial charge in [0.25, 0.3) is 0 Å². The minimum Gasteiger partial charge on any atom is -0.465 e. The molecule has 1 aliphatic rings. The number of hydrogen-bond acceptors (Lipinski definition) is 4. The summed E-state index contributed by atoms with van der Waals surface area (Å²) in [6.07, 6.45) is 2.17. The average molecular weight is 303 g/mol. The molecule has 2 aromatic rings. The predicted octanol–water partition coefficient (Wildman–Crippen LogP) is 2.94. The van der Waals surface area contributed by atoms with Gasteiger partial charge in [-0.1, -0.05) is 0 Å². The zero-order valence-electron chi connectivity index (χ0n) is 13.7. The third kappa shape index (κ3) is 3.25. The van der Waals surface area contributed by atoms with Crippen LogP contribution in [0.2, 0.25) is 0 Å². The normalized spacial score (nSPS) is 18.6. The molecule has 0 bridgehead atoms. The van der Waals surface area contributed by atoms with Crippen molar-refractivity contribution in [1.82, 2.24) is 14.7 Å². The number of aryl methyl sites for hydroxylation is 2. The number of rotatable bonds is 6. The van der Waals surface area contributed by atoms with Gasteiger partial charge in [-0.15, -0.1) is 0 Å². The smallest absolute Gasteiger partial charge is 0.118 e. The van der Waals surface area contributed by atoms with E-state index in [0.717, 1.165) is 50.9 Å². The Morgan fingerprint density at radius 3 is 2.91 bits per heavy atom. The van der Waals surface area contributed by atoms with E-state index in [1.54, 1.807) is 0 Å². The second-order valence-corrected chi connectivity index (χ2v) is 5.93. The molecule has 3 heterocycles. The van der Waals surface area contributed by atoms with Crippen molar-refractivity contribution in [3.8, 4) is 0 Å². The number of fused-ring (bicyclic) bond motifs is 1. The summed E-state index contributed by atoms with van der Waals surface area (Å²) in [4.78, 5) is 2.42. The van der Waals surface area contributed by atoms with Crippen molar-refractivity contribution in [2.75, 3.05) is 19.8 Å². The molecule has 1 unspecified atom stereocenters. The molecule has 0 fully saturated rings. The van der Waals surface area contributed by atoms with E-state index >= 15 is 0 Å². The Morgan fingerprint density at radius 1 is 1.36 bits per heavy atom. The Hall–Kier alpha value is -1.59. The molecule has 1 aliphatic heterocycles. The molecule has 22 heavy (non-hydrogen) atoms. The molecule has 5 nitrogen and oxygen atoms in total. The van der Waals surface area contributed by atoms with Gasteiger partial charge in [-0.25, -0.2) is 0 Å². The highest BCUT2D eigenvalue weighted by Crippen LogP contribution is 2.28. The van der Waals surface area contributed by atoms with E-state index in [2.05, 4.69) is 24.1 Å².